The SMILES string of the molecule is Cc1cc(C)c2c(c1)SC(C1Nc3[c-]cc[c-]c3S1)N2.[K+].[K+]. The van der Waals surface area contributed by atoms with Crippen molar-refractivity contribution in [3.8, 4) is 0 Å². The minimum absolute atomic E-state index is 0. The fraction of sp³-hybridized carbons (Fsp3) is 0.250. The van der Waals surface area contributed by atoms with Crippen molar-refractivity contribution in [2.24, 2.45) is 0 Å². The Morgan fingerprint density at radius 2 is 1.68 bits per heavy atom. The summed E-state index contributed by atoms with van der Waals surface area (Å²) >= 11 is 3.74. The molecule has 2 aliphatic rings. The summed E-state index contributed by atoms with van der Waals surface area (Å²) in [5, 5.41) is 7.85. The zero-order valence-electron chi connectivity index (χ0n) is 13.3. The predicted molar refractivity (Wildman–Crippen MR) is 86.6 cm³/mol. The summed E-state index contributed by atoms with van der Waals surface area (Å²) in [6, 6.07) is 14.9. The van der Waals surface area contributed by atoms with Gasteiger partial charge in [-0.05, 0) is 31.0 Å². The quantitative estimate of drug-likeness (QED) is 0.458. The van der Waals surface area contributed by atoms with E-state index in [0.717, 1.165) is 5.69 Å². The van der Waals surface area contributed by atoms with Crippen LogP contribution in [-0.4, -0.2) is 10.7 Å². The van der Waals surface area contributed by atoms with Gasteiger partial charge in [0, 0.05) is 4.90 Å². The molecular formula is C16H14K2N2S2. The van der Waals surface area contributed by atoms with Gasteiger partial charge < -0.3 is 16.7 Å². The normalized spacial score (nSPS) is 20.8. The monoisotopic (exact) mass is 376 g/mol. The van der Waals surface area contributed by atoms with E-state index in [1.807, 2.05) is 35.7 Å². The number of fused-ring (bicyclic) bond motifs is 2. The second-order valence-corrected chi connectivity index (χ2v) is 7.48. The molecule has 0 aliphatic carbocycles. The van der Waals surface area contributed by atoms with Gasteiger partial charge >= 0.3 is 103 Å². The Balaban J connectivity index is 0.000000882. The molecule has 0 amide bonds. The van der Waals surface area contributed by atoms with Crippen molar-refractivity contribution in [2.45, 2.75) is 34.4 Å². The molecule has 0 saturated heterocycles. The average Bonchev–Trinajstić information content (AvgIpc) is 3.01. The third-order valence-electron chi connectivity index (χ3n) is 3.54. The van der Waals surface area contributed by atoms with Gasteiger partial charge in [-0.2, -0.15) is 22.3 Å². The summed E-state index contributed by atoms with van der Waals surface area (Å²) in [6.45, 7) is 4.33. The molecule has 22 heavy (non-hydrogen) atoms. The van der Waals surface area contributed by atoms with Crippen LogP contribution in [0.3, 0.4) is 0 Å². The van der Waals surface area contributed by atoms with Crippen molar-refractivity contribution in [1.29, 1.82) is 0 Å². The fourth-order valence-electron chi connectivity index (χ4n) is 2.67. The molecule has 0 saturated carbocycles. The minimum Gasteiger partial charge on any atom is -0.446 e. The molecule has 2 heterocycles. The van der Waals surface area contributed by atoms with Gasteiger partial charge in [0.25, 0.3) is 0 Å². The molecule has 2 nitrogen and oxygen atoms in total. The van der Waals surface area contributed by atoms with Crippen LogP contribution in [0.2, 0.25) is 0 Å². The number of benzene rings is 2. The molecule has 2 aromatic carbocycles. The maximum Gasteiger partial charge on any atom is 1.00 e. The number of thioether (sulfide) groups is 2. The van der Waals surface area contributed by atoms with E-state index in [-0.39, 0.29) is 103 Å². The van der Waals surface area contributed by atoms with Crippen molar-refractivity contribution in [3.05, 3.63) is 47.5 Å². The van der Waals surface area contributed by atoms with E-state index in [4.69, 9.17) is 0 Å². The van der Waals surface area contributed by atoms with Crippen LogP contribution in [0.1, 0.15) is 11.1 Å². The van der Waals surface area contributed by atoms with Crippen molar-refractivity contribution in [1.82, 2.24) is 0 Å². The van der Waals surface area contributed by atoms with Crippen LogP contribution in [0.15, 0.2) is 34.1 Å². The van der Waals surface area contributed by atoms with Gasteiger partial charge in [0.2, 0.25) is 0 Å². The smallest absolute Gasteiger partial charge is 0.446 e. The number of aryl methyl sites for hydroxylation is 2. The fourth-order valence-corrected chi connectivity index (χ4v) is 5.23. The summed E-state index contributed by atoms with van der Waals surface area (Å²) in [4.78, 5) is 2.53. The predicted octanol–water partition coefficient (Wildman–Crippen LogP) is -1.70. The van der Waals surface area contributed by atoms with Gasteiger partial charge in [-0.3, -0.25) is 18.2 Å². The number of nitrogens with one attached hydrogen (secondary N) is 2. The van der Waals surface area contributed by atoms with E-state index >= 15 is 0 Å². The van der Waals surface area contributed by atoms with E-state index < -0.39 is 0 Å². The maximum atomic E-state index is 3.66. The molecule has 2 unspecified atom stereocenters. The summed E-state index contributed by atoms with van der Waals surface area (Å²) in [7, 11) is 0. The average molecular weight is 377 g/mol. The Morgan fingerprint density at radius 3 is 2.45 bits per heavy atom. The summed E-state index contributed by atoms with van der Waals surface area (Å²) in [5.74, 6) is 0. The Kier molecular flexibility index (Phi) is 7.94. The van der Waals surface area contributed by atoms with Gasteiger partial charge in [-0.15, -0.1) is 0 Å². The molecule has 102 valence electrons. The number of anilines is 2. The number of rotatable bonds is 1. The minimum atomic E-state index is 0. The van der Waals surface area contributed by atoms with E-state index in [2.05, 4.69) is 48.7 Å². The third kappa shape index (κ3) is 4.05. The molecule has 0 radical (unpaired) electrons. The van der Waals surface area contributed by atoms with Gasteiger partial charge in [0.15, 0.2) is 0 Å². The zero-order chi connectivity index (χ0) is 13.7. The molecule has 0 spiro atoms. The van der Waals surface area contributed by atoms with Crippen molar-refractivity contribution < 1.29 is 103 Å². The van der Waals surface area contributed by atoms with Crippen LogP contribution in [0.25, 0.3) is 0 Å². The topological polar surface area (TPSA) is 24.1 Å². The van der Waals surface area contributed by atoms with Gasteiger partial charge in [0.1, 0.15) is 5.37 Å². The van der Waals surface area contributed by atoms with Gasteiger partial charge in [-0.1, -0.05) is 17.8 Å². The third-order valence-corrected chi connectivity index (χ3v) is 6.14. The molecule has 2 N–H and O–H groups in total. The largest absolute Gasteiger partial charge is 1.00 e. The van der Waals surface area contributed by atoms with E-state index in [1.54, 1.807) is 0 Å². The van der Waals surface area contributed by atoms with Crippen molar-refractivity contribution in [2.75, 3.05) is 10.6 Å². The molecule has 2 aliphatic heterocycles. The van der Waals surface area contributed by atoms with Crippen LogP contribution >= 0.6 is 23.5 Å². The molecule has 0 fully saturated rings. The van der Waals surface area contributed by atoms with Crippen molar-refractivity contribution in [3.63, 3.8) is 0 Å². The van der Waals surface area contributed by atoms with Crippen LogP contribution in [0, 0.1) is 26.0 Å². The number of hydrogen-bond acceptors (Lipinski definition) is 4. The Morgan fingerprint density at radius 1 is 0.955 bits per heavy atom. The molecule has 6 heteroatoms. The van der Waals surface area contributed by atoms with Gasteiger partial charge in [0.05, 0.1) is 11.1 Å². The molecule has 2 aromatic rings. The molecular weight excluding hydrogens is 363 g/mol. The first-order chi connectivity index (χ1) is 9.70. The van der Waals surface area contributed by atoms with E-state index in [1.165, 1.54) is 26.6 Å². The molecule has 0 bridgehead atoms. The molecule has 2 atom stereocenters. The zero-order valence-corrected chi connectivity index (χ0v) is 21.2. The van der Waals surface area contributed by atoms with Crippen LogP contribution in [-0.2, 0) is 0 Å². The molecule has 4 rings (SSSR count). The maximum absolute atomic E-state index is 3.66. The number of hydrogen-bond donors (Lipinski definition) is 2. The van der Waals surface area contributed by atoms with E-state index in [9.17, 15) is 0 Å². The first-order valence-corrected chi connectivity index (χ1v) is 8.37. The standard InChI is InChI=1S/C16H14N2S2.2K/c1-9-7-10(2)14-13(8-9)20-16(18-14)15-17-11-5-3-4-6-12(11)19-15;;/h3-4,7-8,15-18H,1-2H3;;/q-2;2*+1. The Labute approximate surface area is 225 Å². The van der Waals surface area contributed by atoms with Crippen molar-refractivity contribution >= 4 is 34.9 Å². The van der Waals surface area contributed by atoms with Crippen LogP contribution < -0.4 is 113 Å². The first-order valence-electron chi connectivity index (χ1n) is 6.61. The second-order valence-electron chi connectivity index (χ2n) is 5.15. The van der Waals surface area contributed by atoms with Crippen LogP contribution in [0.4, 0.5) is 11.4 Å². The summed E-state index contributed by atoms with van der Waals surface area (Å²) in [6.07, 6.45) is 0. The summed E-state index contributed by atoms with van der Waals surface area (Å²) < 4.78 is 0. The summed E-state index contributed by atoms with van der Waals surface area (Å²) in [5.41, 5.74) is 5.02. The molecule has 0 aromatic heterocycles. The van der Waals surface area contributed by atoms with Crippen LogP contribution in [0.5, 0.6) is 0 Å². The second kappa shape index (κ2) is 8.60. The Hall–Kier alpha value is 2.01. The van der Waals surface area contributed by atoms with E-state index in [0.29, 0.717) is 10.7 Å². The first kappa shape index (κ1) is 20.3. The van der Waals surface area contributed by atoms with Gasteiger partial charge in [-0.25, -0.2) is 0 Å². The Bertz CT molecular complexity index is 669.